The summed E-state index contributed by atoms with van der Waals surface area (Å²) in [5.74, 6) is -0.194. The summed E-state index contributed by atoms with van der Waals surface area (Å²) >= 11 is 0. The Morgan fingerprint density at radius 3 is 2.71 bits per heavy atom. The largest absolute Gasteiger partial charge is 0.377 e. The third-order valence-electron chi connectivity index (χ3n) is 3.19. The summed E-state index contributed by atoms with van der Waals surface area (Å²) in [6.45, 7) is 1.12. The van der Waals surface area contributed by atoms with Crippen LogP contribution in [0, 0.1) is 0 Å². The number of hydrogen-bond acceptors (Lipinski definition) is 4. The monoisotopic (exact) mass is 287 g/mol. The van der Waals surface area contributed by atoms with Crippen molar-refractivity contribution in [3.63, 3.8) is 0 Å². The number of ether oxygens (including phenoxy) is 1. The Bertz CT molecular complexity index is 643. The average molecular weight is 287 g/mol. The molecule has 0 aromatic heterocycles. The molecule has 0 radical (unpaired) electrons. The molecule has 1 heterocycles. The number of carbonyl (C=O) groups is 1. The summed E-state index contributed by atoms with van der Waals surface area (Å²) in [7, 11) is 1.70. The molecule has 1 aromatic carbocycles. The van der Waals surface area contributed by atoms with Gasteiger partial charge in [0.05, 0.1) is 25.8 Å². The smallest absolute Gasteiger partial charge is 0.254 e. The van der Waals surface area contributed by atoms with E-state index in [1.807, 2.05) is 0 Å². The Labute approximate surface area is 120 Å². The minimum atomic E-state index is -0.194. The van der Waals surface area contributed by atoms with Crippen molar-refractivity contribution in [1.82, 2.24) is 4.90 Å². The first-order chi connectivity index (χ1) is 10.2. The number of nitrogens with zero attached hydrogens (tertiary/aromatic N) is 7. The molecule has 1 saturated heterocycles. The van der Waals surface area contributed by atoms with E-state index in [9.17, 15) is 4.79 Å². The van der Waals surface area contributed by atoms with Crippen molar-refractivity contribution in [2.75, 3.05) is 20.3 Å². The van der Waals surface area contributed by atoms with Crippen LogP contribution in [0.4, 0.5) is 5.69 Å². The number of hydrogen-bond donors (Lipinski definition) is 0. The molecule has 1 fully saturated rings. The summed E-state index contributed by atoms with van der Waals surface area (Å²) < 4.78 is 5.07. The molecule has 0 N–H and O–H groups in total. The van der Waals surface area contributed by atoms with Gasteiger partial charge in [0, 0.05) is 28.1 Å². The van der Waals surface area contributed by atoms with Gasteiger partial charge in [-0.2, -0.15) is 0 Å². The number of rotatable bonds is 5. The van der Waals surface area contributed by atoms with Crippen molar-refractivity contribution in [1.29, 1.82) is 0 Å². The topological polar surface area (TPSA) is 127 Å². The van der Waals surface area contributed by atoms with Gasteiger partial charge < -0.3 is 9.64 Å². The van der Waals surface area contributed by atoms with Crippen molar-refractivity contribution >= 4 is 11.6 Å². The molecule has 0 unspecified atom stereocenters. The van der Waals surface area contributed by atoms with Gasteiger partial charge in [-0.25, -0.2) is 0 Å². The van der Waals surface area contributed by atoms with Crippen LogP contribution >= 0.6 is 0 Å². The van der Waals surface area contributed by atoms with E-state index >= 15 is 0 Å². The summed E-state index contributed by atoms with van der Waals surface area (Å²) in [6.07, 6.45) is 0. The van der Waals surface area contributed by atoms with Crippen LogP contribution in [0.2, 0.25) is 0 Å². The molecule has 9 heteroatoms. The van der Waals surface area contributed by atoms with Gasteiger partial charge in [-0.1, -0.05) is 10.2 Å². The first-order valence-electron chi connectivity index (χ1n) is 6.20. The Morgan fingerprint density at radius 2 is 2.14 bits per heavy atom. The second-order valence-electron chi connectivity index (χ2n) is 4.57. The third kappa shape index (κ3) is 3.43. The van der Waals surface area contributed by atoms with Gasteiger partial charge in [0.2, 0.25) is 0 Å². The molecule has 1 aromatic rings. The van der Waals surface area contributed by atoms with Gasteiger partial charge in [-0.05, 0) is 34.8 Å². The van der Waals surface area contributed by atoms with E-state index < -0.39 is 0 Å². The number of azide groups is 2. The van der Waals surface area contributed by atoms with Crippen LogP contribution < -0.4 is 0 Å². The second-order valence-corrected chi connectivity index (χ2v) is 4.57. The van der Waals surface area contributed by atoms with E-state index in [2.05, 4.69) is 20.1 Å². The maximum absolute atomic E-state index is 12.4. The molecule has 9 nitrogen and oxygen atoms in total. The van der Waals surface area contributed by atoms with Crippen LogP contribution in [-0.4, -0.2) is 37.1 Å². The predicted octanol–water partition coefficient (Wildman–Crippen LogP) is 2.91. The van der Waals surface area contributed by atoms with Crippen molar-refractivity contribution in [3.05, 3.63) is 50.2 Å². The van der Waals surface area contributed by atoms with Crippen LogP contribution in [0.25, 0.3) is 20.9 Å². The van der Waals surface area contributed by atoms with Gasteiger partial charge in [0.1, 0.15) is 0 Å². The highest BCUT2D eigenvalue weighted by molar-refractivity contribution is 5.95. The lowest BCUT2D eigenvalue weighted by molar-refractivity contribution is -0.0467. The summed E-state index contributed by atoms with van der Waals surface area (Å²) in [4.78, 5) is 19.4. The predicted molar refractivity (Wildman–Crippen MR) is 74.8 cm³/mol. The molecular formula is C12H13N7O2. The standard InChI is InChI=1S/C12H13N7O2/c1-19(11-6-21-7-11)12(20)9-2-8(5-15-17-13)3-10(4-9)16-18-14/h2-4,11H,5-7H2,1H3. The lowest BCUT2D eigenvalue weighted by Gasteiger charge is -2.34. The molecule has 0 spiro atoms. The minimum absolute atomic E-state index is 0.0567. The Hall–Kier alpha value is -2.73. The van der Waals surface area contributed by atoms with E-state index in [1.54, 1.807) is 24.1 Å². The van der Waals surface area contributed by atoms with Crippen LogP contribution in [-0.2, 0) is 11.3 Å². The first kappa shape index (κ1) is 14.7. The van der Waals surface area contributed by atoms with Gasteiger partial charge in [0.25, 0.3) is 5.91 Å². The number of carbonyl (C=O) groups excluding carboxylic acids is 1. The van der Waals surface area contributed by atoms with Gasteiger partial charge >= 0.3 is 0 Å². The molecule has 108 valence electrons. The first-order valence-corrected chi connectivity index (χ1v) is 6.20. The molecular weight excluding hydrogens is 274 g/mol. The number of amides is 1. The van der Waals surface area contributed by atoms with E-state index in [0.717, 1.165) is 0 Å². The maximum Gasteiger partial charge on any atom is 0.254 e. The third-order valence-corrected chi connectivity index (χ3v) is 3.19. The van der Waals surface area contributed by atoms with Gasteiger partial charge in [-0.3, -0.25) is 4.79 Å². The van der Waals surface area contributed by atoms with E-state index in [1.165, 1.54) is 6.07 Å². The van der Waals surface area contributed by atoms with Crippen molar-refractivity contribution in [2.24, 2.45) is 10.2 Å². The zero-order valence-electron chi connectivity index (χ0n) is 11.4. The molecule has 0 saturated carbocycles. The van der Waals surface area contributed by atoms with Crippen molar-refractivity contribution in [3.8, 4) is 0 Å². The van der Waals surface area contributed by atoms with Crippen LogP contribution in [0.3, 0.4) is 0 Å². The highest BCUT2D eigenvalue weighted by Gasteiger charge is 2.27. The van der Waals surface area contributed by atoms with Crippen molar-refractivity contribution in [2.45, 2.75) is 12.6 Å². The van der Waals surface area contributed by atoms with Crippen LogP contribution in [0.1, 0.15) is 15.9 Å². The summed E-state index contributed by atoms with van der Waals surface area (Å²) in [6, 6.07) is 4.78. The molecule has 2 rings (SSSR count). The van der Waals surface area contributed by atoms with E-state index in [-0.39, 0.29) is 18.5 Å². The SMILES string of the molecule is CN(C(=O)c1cc(CN=[N+]=[N-])cc(N=[N+]=[N-])c1)C1COC1. The van der Waals surface area contributed by atoms with Crippen molar-refractivity contribution < 1.29 is 9.53 Å². The zero-order chi connectivity index (χ0) is 15.2. The second kappa shape index (κ2) is 6.62. The highest BCUT2D eigenvalue weighted by Crippen LogP contribution is 2.21. The highest BCUT2D eigenvalue weighted by atomic mass is 16.5. The Morgan fingerprint density at radius 1 is 1.38 bits per heavy atom. The maximum atomic E-state index is 12.4. The van der Waals surface area contributed by atoms with Gasteiger partial charge in [-0.15, -0.1) is 0 Å². The molecule has 21 heavy (non-hydrogen) atoms. The summed E-state index contributed by atoms with van der Waals surface area (Å²) in [5.41, 5.74) is 18.2. The fraction of sp³-hybridized carbons (Fsp3) is 0.417. The van der Waals surface area contributed by atoms with Crippen LogP contribution in [0.15, 0.2) is 28.4 Å². The molecule has 0 aliphatic carbocycles. The molecule has 1 amide bonds. The van der Waals surface area contributed by atoms with Gasteiger partial charge in [0.15, 0.2) is 0 Å². The lowest BCUT2D eigenvalue weighted by atomic mass is 10.1. The lowest BCUT2D eigenvalue weighted by Crippen LogP contribution is -2.49. The number of benzene rings is 1. The minimum Gasteiger partial charge on any atom is -0.377 e. The normalized spacial score (nSPS) is 13.6. The van der Waals surface area contributed by atoms with E-state index in [4.69, 9.17) is 15.8 Å². The quantitative estimate of drug-likeness (QED) is 0.468. The zero-order valence-corrected chi connectivity index (χ0v) is 11.4. The molecule has 1 aliphatic heterocycles. The van der Waals surface area contributed by atoms with E-state index in [0.29, 0.717) is 30.0 Å². The Balaban J connectivity index is 2.31. The molecule has 1 aliphatic rings. The average Bonchev–Trinajstić information content (AvgIpc) is 2.42. The summed E-state index contributed by atoms with van der Waals surface area (Å²) in [5, 5.41) is 6.96. The number of likely N-dealkylation sites (N-methyl/N-ethyl adjacent to an activating group) is 1. The molecule has 0 atom stereocenters. The fourth-order valence-corrected chi connectivity index (χ4v) is 1.93. The van der Waals surface area contributed by atoms with Crippen LogP contribution in [0.5, 0.6) is 0 Å². The Kier molecular flexibility index (Phi) is 4.63. The molecule has 0 bridgehead atoms. The fourth-order valence-electron chi connectivity index (χ4n) is 1.93.